The first kappa shape index (κ1) is 15.5. The van der Waals surface area contributed by atoms with E-state index < -0.39 is 0 Å². The summed E-state index contributed by atoms with van der Waals surface area (Å²) in [4.78, 5) is 0. The van der Waals surface area contributed by atoms with Crippen molar-refractivity contribution in [1.29, 1.82) is 0 Å². The van der Waals surface area contributed by atoms with Gasteiger partial charge in [-0.25, -0.2) is 0 Å². The fourth-order valence-electron chi connectivity index (χ4n) is 1.70. The van der Waals surface area contributed by atoms with E-state index in [9.17, 15) is 0 Å². The molecule has 0 spiro atoms. The standard InChI is InChI=1S/C17H20N2O/c1-5-8-14(9-6-2)16-13-20-19-17(16)15(10-7-3)11-12-18-4/h5-13,18H,1,3H2,2,4H3/b9-6-,12-11-,14-8+,15-10+. The topological polar surface area (TPSA) is 38.1 Å². The van der Waals surface area contributed by atoms with E-state index >= 15 is 0 Å². The Morgan fingerprint density at radius 2 is 1.90 bits per heavy atom. The quantitative estimate of drug-likeness (QED) is 0.756. The molecular formula is C17H20N2O. The van der Waals surface area contributed by atoms with Gasteiger partial charge in [-0.2, -0.15) is 0 Å². The molecule has 0 amide bonds. The van der Waals surface area contributed by atoms with Gasteiger partial charge in [0.25, 0.3) is 0 Å². The van der Waals surface area contributed by atoms with Gasteiger partial charge in [-0.1, -0.05) is 54.8 Å². The lowest BCUT2D eigenvalue weighted by molar-refractivity contribution is 0.417. The zero-order valence-electron chi connectivity index (χ0n) is 12.0. The van der Waals surface area contributed by atoms with Gasteiger partial charge in [-0.05, 0) is 24.8 Å². The van der Waals surface area contributed by atoms with Crippen LogP contribution in [0.1, 0.15) is 18.2 Å². The molecule has 104 valence electrons. The molecule has 0 atom stereocenters. The molecule has 3 heteroatoms. The third-order valence-corrected chi connectivity index (χ3v) is 2.52. The SMILES string of the molecule is C=C/C=C(\C=C/C)c1conc1C(/C=C\NC)=C/C=C. The average molecular weight is 268 g/mol. The molecule has 0 saturated heterocycles. The van der Waals surface area contributed by atoms with Crippen LogP contribution in [0.2, 0.25) is 0 Å². The maximum Gasteiger partial charge on any atom is 0.132 e. The Morgan fingerprint density at radius 1 is 1.20 bits per heavy atom. The third kappa shape index (κ3) is 3.99. The van der Waals surface area contributed by atoms with E-state index in [4.69, 9.17) is 4.52 Å². The molecule has 0 aliphatic heterocycles. The molecule has 1 aromatic rings. The van der Waals surface area contributed by atoms with E-state index in [-0.39, 0.29) is 0 Å². The van der Waals surface area contributed by atoms with Crippen molar-refractivity contribution in [3.63, 3.8) is 0 Å². The second-order valence-corrected chi connectivity index (χ2v) is 3.91. The van der Waals surface area contributed by atoms with Gasteiger partial charge in [0.2, 0.25) is 0 Å². The van der Waals surface area contributed by atoms with Crippen LogP contribution in [0.5, 0.6) is 0 Å². The van der Waals surface area contributed by atoms with Gasteiger partial charge in [-0.3, -0.25) is 0 Å². The van der Waals surface area contributed by atoms with Gasteiger partial charge >= 0.3 is 0 Å². The van der Waals surface area contributed by atoms with Crippen LogP contribution in [-0.4, -0.2) is 12.2 Å². The van der Waals surface area contributed by atoms with Crippen LogP contribution in [0.4, 0.5) is 0 Å². The number of nitrogens with one attached hydrogen (secondary N) is 1. The van der Waals surface area contributed by atoms with Crippen LogP contribution in [0.15, 0.2) is 72.7 Å². The first-order valence-electron chi connectivity index (χ1n) is 6.35. The highest BCUT2D eigenvalue weighted by Gasteiger charge is 2.12. The van der Waals surface area contributed by atoms with Crippen molar-refractivity contribution in [3.05, 3.63) is 79.4 Å². The molecule has 0 bridgehead atoms. The summed E-state index contributed by atoms with van der Waals surface area (Å²) in [5.41, 5.74) is 3.59. The lowest BCUT2D eigenvalue weighted by atomic mass is 10.0. The van der Waals surface area contributed by atoms with Gasteiger partial charge < -0.3 is 9.84 Å². The second kappa shape index (κ2) is 8.53. The monoisotopic (exact) mass is 268 g/mol. The largest absolute Gasteiger partial charge is 0.394 e. The van der Waals surface area contributed by atoms with Crippen LogP contribution in [0, 0.1) is 0 Å². The first-order valence-corrected chi connectivity index (χ1v) is 6.35. The molecule has 1 N–H and O–H groups in total. The number of nitrogens with zero attached hydrogens (tertiary/aromatic N) is 1. The molecule has 3 nitrogen and oxygen atoms in total. The summed E-state index contributed by atoms with van der Waals surface area (Å²) in [5.74, 6) is 0. The van der Waals surface area contributed by atoms with Crippen molar-refractivity contribution in [1.82, 2.24) is 10.5 Å². The molecule has 0 unspecified atom stereocenters. The normalized spacial score (nSPS) is 13.1. The fraction of sp³-hybridized carbons (Fsp3) is 0.118. The lowest BCUT2D eigenvalue weighted by Crippen LogP contribution is -1.93. The molecule has 0 saturated carbocycles. The summed E-state index contributed by atoms with van der Waals surface area (Å²) in [5, 5.41) is 7.05. The molecular weight excluding hydrogens is 248 g/mol. The van der Waals surface area contributed by atoms with Crippen LogP contribution in [0.3, 0.4) is 0 Å². The highest BCUT2D eigenvalue weighted by atomic mass is 16.5. The van der Waals surface area contributed by atoms with Gasteiger partial charge in [0.15, 0.2) is 0 Å². The third-order valence-electron chi connectivity index (χ3n) is 2.52. The van der Waals surface area contributed by atoms with Crippen molar-refractivity contribution in [2.45, 2.75) is 6.92 Å². The summed E-state index contributed by atoms with van der Waals surface area (Å²) >= 11 is 0. The maximum absolute atomic E-state index is 5.14. The fourth-order valence-corrected chi connectivity index (χ4v) is 1.70. The molecule has 0 fully saturated rings. The number of hydrogen-bond donors (Lipinski definition) is 1. The van der Waals surface area contributed by atoms with Gasteiger partial charge in [-0.15, -0.1) is 0 Å². The van der Waals surface area contributed by atoms with Crippen molar-refractivity contribution < 1.29 is 4.52 Å². The van der Waals surface area contributed by atoms with E-state index in [0.717, 1.165) is 22.4 Å². The van der Waals surface area contributed by atoms with E-state index in [0.29, 0.717) is 0 Å². The minimum absolute atomic E-state index is 0.766. The van der Waals surface area contributed by atoms with Crippen LogP contribution in [0.25, 0.3) is 11.1 Å². The van der Waals surface area contributed by atoms with E-state index in [1.807, 2.05) is 50.6 Å². The highest BCUT2D eigenvalue weighted by molar-refractivity contribution is 5.85. The number of hydrogen-bond acceptors (Lipinski definition) is 3. The van der Waals surface area contributed by atoms with Crippen LogP contribution >= 0.6 is 0 Å². The zero-order valence-corrected chi connectivity index (χ0v) is 12.0. The summed E-state index contributed by atoms with van der Waals surface area (Å²) in [7, 11) is 1.84. The Hall–Kier alpha value is -2.55. The van der Waals surface area contributed by atoms with Crippen molar-refractivity contribution >= 4 is 11.1 Å². The molecule has 1 rings (SSSR count). The zero-order chi connectivity index (χ0) is 14.8. The summed E-state index contributed by atoms with van der Waals surface area (Å²) in [6, 6.07) is 0. The minimum atomic E-state index is 0.766. The Bertz CT molecular complexity index is 572. The predicted molar refractivity (Wildman–Crippen MR) is 85.9 cm³/mol. The Kier molecular flexibility index (Phi) is 6.62. The molecule has 0 radical (unpaired) electrons. The molecule has 0 aliphatic carbocycles. The highest BCUT2D eigenvalue weighted by Crippen LogP contribution is 2.26. The van der Waals surface area contributed by atoms with E-state index in [1.54, 1.807) is 18.4 Å². The second-order valence-electron chi connectivity index (χ2n) is 3.91. The maximum atomic E-state index is 5.14. The summed E-state index contributed by atoms with van der Waals surface area (Å²) in [6.45, 7) is 9.43. The Labute approximate surface area is 120 Å². The van der Waals surface area contributed by atoms with Crippen LogP contribution in [-0.2, 0) is 0 Å². The minimum Gasteiger partial charge on any atom is -0.394 e. The number of allylic oxidation sites excluding steroid dienone is 9. The molecule has 0 aliphatic rings. The molecule has 0 aromatic carbocycles. The molecule has 1 aromatic heterocycles. The summed E-state index contributed by atoms with van der Waals surface area (Å²) in [6.07, 6.45) is 16.6. The van der Waals surface area contributed by atoms with Crippen molar-refractivity contribution in [2.75, 3.05) is 7.05 Å². The van der Waals surface area contributed by atoms with Gasteiger partial charge in [0.1, 0.15) is 12.0 Å². The van der Waals surface area contributed by atoms with Gasteiger partial charge in [0.05, 0.1) is 0 Å². The number of rotatable bonds is 7. The average Bonchev–Trinajstić information content (AvgIpc) is 2.92. The van der Waals surface area contributed by atoms with Crippen LogP contribution < -0.4 is 5.32 Å². The van der Waals surface area contributed by atoms with Crippen molar-refractivity contribution in [3.8, 4) is 0 Å². The number of aromatic nitrogens is 1. The first-order chi connectivity index (χ1) is 9.78. The van der Waals surface area contributed by atoms with E-state index in [1.165, 1.54) is 0 Å². The smallest absolute Gasteiger partial charge is 0.132 e. The lowest BCUT2D eigenvalue weighted by Gasteiger charge is -2.03. The van der Waals surface area contributed by atoms with Crippen molar-refractivity contribution in [2.24, 2.45) is 0 Å². The Balaban J connectivity index is 3.33. The van der Waals surface area contributed by atoms with E-state index in [2.05, 4.69) is 23.6 Å². The van der Waals surface area contributed by atoms with Gasteiger partial charge in [0, 0.05) is 18.2 Å². The summed E-state index contributed by atoms with van der Waals surface area (Å²) < 4.78 is 5.14. The Morgan fingerprint density at radius 3 is 2.50 bits per heavy atom. The predicted octanol–water partition coefficient (Wildman–Crippen LogP) is 4.12. The molecule has 1 heterocycles. The molecule has 20 heavy (non-hydrogen) atoms.